The Hall–Kier alpha value is -1.03. The van der Waals surface area contributed by atoms with Crippen LogP contribution in [0.25, 0.3) is 0 Å². The lowest BCUT2D eigenvalue weighted by molar-refractivity contribution is -0.135. The number of benzene rings is 1. The van der Waals surface area contributed by atoms with Crippen molar-refractivity contribution < 1.29 is 13.2 Å². The third-order valence-electron chi connectivity index (χ3n) is 4.74. The van der Waals surface area contributed by atoms with Gasteiger partial charge in [0.05, 0.1) is 0 Å². The van der Waals surface area contributed by atoms with Gasteiger partial charge in [0.2, 0.25) is 0 Å². The van der Waals surface area contributed by atoms with Gasteiger partial charge in [-0.25, -0.2) is 0 Å². The van der Waals surface area contributed by atoms with Crippen LogP contribution in [0.2, 0.25) is 0 Å². The maximum absolute atomic E-state index is 12.1. The van der Waals surface area contributed by atoms with Crippen molar-refractivity contribution in [3.05, 3.63) is 35.4 Å². The van der Waals surface area contributed by atoms with Gasteiger partial charge in [0.1, 0.15) is 0 Å². The Morgan fingerprint density at radius 2 is 1.64 bits per heavy atom. The van der Waals surface area contributed by atoms with Gasteiger partial charge in [-0.1, -0.05) is 30.7 Å². The lowest BCUT2D eigenvalue weighted by Gasteiger charge is -2.26. The van der Waals surface area contributed by atoms with Crippen LogP contribution in [0.5, 0.6) is 0 Å². The van der Waals surface area contributed by atoms with E-state index >= 15 is 0 Å². The molecule has 1 aromatic carbocycles. The van der Waals surface area contributed by atoms with Gasteiger partial charge in [0.25, 0.3) is 0 Å². The normalized spacial score (nSPS) is 15.8. The first-order chi connectivity index (χ1) is 13.0. The third kappa shape index (κ3) is 10.5. The predicted molar refractivity (Wildman–Crippen MR) is 119 cm³/mol. The Bertz CT molecular complexity index is 570. The quantitative estimate of drug-likeness (QED) is 0.230. The second-order valence-corrected chi connectivity index (χ2v) is 7.08. The van der Waals surface area contributed by atoms with Crippen LogP contribution < -0.4 is 10.6 Å². The monoisotopic (exact) mass is 512 g/mol. The Morgan fingerprint density at radius 3 is 2.25 bits per heavy atom. The zero-order valence-corrected chi connectivity index (χ0v) is 18.9. The summed E-state index contributed by atoms with van der Waals surface area (Å²) in [6.07, 6.45) is -0.268. The Balaban J connectivity index is 0.00000392. The summed E-state index contributed by atoms with van der Waals surface area (Å²) in [4.78, 5) is 6.61. The van der Waals surface area contributed by atoms with Crippen LogP contribution in [0.3, 0.4) is 0 Å². The zero-order valence-electron chi connectivity index (χ0n) is 16.5. The number of rotatable bonds is 8. The fourth-order valence-electron chi connectivity index (χ4n) is 3.20. The van der Waals surface area contributed by atoms with E-state index in [1.807, 2.05) is 0 Å². The summed E-state index contributed by atoms with van der Waals surface area (Å²) >= 11 is 0. The molecule has 1 fully saturated rings. The lowest BCUT2D eigenvalue weighted by atomic mass is 10.1. The number of nitrogens with zero attached hydrogens (tertiary/aromatic N) is 2. The third-order valence-corrected chi connectivity index (χ3v) is 4.74. The van der Waals surface area contributed by atoms with Crippen LogP contribution in [0.4, 0.5) is 13.2 Å². The fourth-order valence-corrected chi connectivity index (χ4v) is 3.20. The largest absolute Gasteiger partial charge is 0.389 e. The first kappa shape index (κ1) is 25.0. The summed E-state index contributed by atoms with van der Waals surface area (Å²) in [5.41, 5.74) is 2.48. The minimum absolute atomic E-state index is 0. The van der Waals surface area contributed by atoms with E-state index in [0.29, 0.717) is 25.5 Å². The number of likely N-dealkylation sites (tertiary alicyclic amines) is 1. The van der Waals surface area contributed by atoms with E-state index in [1.165, 1.54) is 37.9 Å². The first-order valence-corrected chi connectivity index (χ1v) is 9.78. The summed E-state index contributed by atoms with van der Waals surface area (Å²) in [5, 5.41) is 6.26. The van der Waals surface area contributed by atoms with Crippen molar-refractivity contribution in [1.29, 1.82) is 0 Å². The average molecular weight is 512 g/mol. The minimum Gasteiger partial charge on any atom is -0.356 e. The van der Waals surface area contributed by atoms with Gasteiger partial charge in [0, 0.05) is 33.1 Å². The molecule has 0 saturated carbocycles. The second-order valence-electron chi connectivity index (χ2n) is 7.08. The molecule has 0 aliphatic carbocycles. The van der Waals surface area contributed by atoms with E-state index in [9.17, 15) is 13.2 Å². The minimum atomic E-state index is -4.07. The smallest absolute Gasteiger partial charge is 0.356 e. The number of piperidine rings is 1. The van der Waals surface area contributed by atoms with Gasteiger partial charge in [0.15, 0.2) is 5.96 Å². The molecule has 1 saturated heterocycles. The van der Waals surface area contributed by atoms with Crippen molar-refractivity contribution in [3.63, 3.8) is 0 Å². The fraction of sp³-hybridized carbons (Fsp3) is 0.650. The molecule has 0 aromatic heterocycles. The summed E-state index contributed by atoms with van der Waals surface area (Å²) in [7, 11) is 1.66. The van der Waals surface area contributed by atoms with Gasteiger partial charge in [-0.05, 0) is 49.9 Å². The number of hydrogen-bond donors (Lipinski definition) is 2. The van der Waals surface area contributed by atoms with Gasteiger partial charge in [-0.15, -0.1) is 24.0 Å². The summed E-state index contributed by atoms with van der Waals surface area (Å²) in [6.45, 7) is 4.49. The summed E-state index contributed by atoms with van der Waals surface area (Å²) in [6, 6.07) is 8.56. The molecule has 0 radical (unpaired) electrons. The molecular formula is C20H32F3IN4. The Morgan fingerprint density at radius 1 is 1.00 bits per heavy atom. The molecule has 1 heterocycles. The molecule has 2 N–H and O–H groups in total. The maximum atomic E-state index is 12.1. The molecule has 0 amide bonds. The molecule has 4 nitrogen and oxygen atoms in total. The number of aliphatic imine (C=N–C) groups is 1. The van der Waals surface area contributed by atoms with Crippen LogP contribution >= 0.6 is 24.0 Å². The van der Waals surface area contributed by atoms with E-state index < -0.39 is 12.6 Å². The molecule has 1 aliphatic rings. The molecular weight excluding hydrogens is 480 g/mol. The summed E-state index contributed by atoms with van der Waals surface area (Å²) < 4.78 is 36.4. The van der Waals surface area contributed by atoms with E-state index in [1.54, 1.807) is 7.05 Å². The van der Waals surface area contributed by atoms with Gasteiger partial charge in [-0.3, -0.25) is 9.89 Å². The van der Waals surface area contributed by atoms with Crippen LogP contribution in [0.15, 0.2) is 29.3 Å². The van der Waals surface area contributed by atoms with Crippen molar-refractivity contribution in [1.82, 2.24) is 15.5 Å². The number of alkyl halides is 3. The number of hydrogen-bond acceptors (Lipinski definition) is 2. The molecule has 8 heteroatoms. The van der Waals surface area contributed by atoms with Crippen LogP contribution in [-0.4, -0.2) is 43.7 Å². The molecule has 2 rings (SSSR count). The van der Waals surface area contributed by atoms with E-state index in [-0.39, 0.29) is 30.4 Å². The van der Waals surface area contributed by atoms with Crippen LogP contribution in [0, 0.1) is 0 Å². The summed E-state index contributed by atoms with van der Waals surface area (Å²) in [5.74, 6) is 0.611. The number of halogens is 4. The highest BCUT2D eigenvalue weighted by Gasteiger charge is 2.25. The molecule has 0 bridgehead atoms. The van der Waals surface area contributed by atoms with Gasteiger partial charge >= 0.3 is 6.18 Å². The van der Waals surface area contributed by atoms with Crippen molar-refractivity contribution in [2.24, 2.45) is 4.99 Å². The highest BCUT2D eigenvalue weighted by Crippen LogP contribution is 2.21. The van der Waals surface area contributed by atoms with Crippen molar-refractivity contribution >= 4 is 29.9 Å². The predicted octanol–water partition coefficient (Wildman–Crippen LogP) is 4.69. The molecule has 160 valence electrons. The Labute approximate surface area is 183 Å². The van der Waals surface area contributed by atoms with E-state index in [0.717, 1.165) is 12.1 Å². The van der Waals surface area contributed by atoms with Crippen molar-refractivity contribution in [2.75, 3.05) is 26.7 Å². The average Bonchev–Trinajstić information content (AvgIpc) is 2.65. The van der Waals surface area contributed by atoms with E-state index in [4.69, 9.17) is 0 Å². The standard InChI is InChI=1S/C20H31F3N4.HI/c1-24-19(25-12-4-3-11-20(21,22)23)26-15-17-7-9-18(10-8-17)16-27-13-5-2-6-14-27;/h7-10H,2-6,11-16H2,1H3,(H2,24,25,26);1H. The van der Waals surface area contributed by atoms with Crippen molar-refractivity contribution in [3.8, 4) is 0 Å². The van der Waals surface area contributed by atoms with Gasteiger partial charge in [-0.2, -0.15) is 13.2 Å². The SMILES string of the molecule is CN=C(NCCCCC(F)(F)F)NCc1ccc(CN2CCCCC2)cc1.I. The Kier molecular flexibility index (Phi) is 11.8. The molecule has 0 spiro atoms. The number of guanidine groups is 1. The molecule has 0 unspecified atom stereocenters. The van der Waals surface area contributed by atoms with Crippen LogP contribution in [-0.2, 0) is 13.1 Å². The first-order valence-electron chi connectivity index (χ1n) is 9.78. The van der Waals surface area contributed by atoms with Gasteiger partial charge < -0.3 is 10.6 Å². The number of unbranched alkanes of at least 4 members (excludes halogenated alkanes) is 1. The number of nitrogens with one attached hydrogen (secondary N) is 2. The molecule has 28 heavy (non-hydrogen) atoms. The highest BCUT2D eigenvalue weighted by atomic mass is 127. The van der Waals surface area contributed by atoms with E-state index in [2.05, 4.69) is 44.8 Å². The second kappa shape index (κ2) is 13.2. The maximum Gasteiger partial charge on any atom is 0.389 e. The molecule has 1 aliphatic heterocycles. The molecule has 1 aromatic rings. The van der Waals surface area contributed by atoms with Crippen molar-refractivity contribution in [2.45, 2.75) is 57.8 Å². The molecule has 0 atom stereocenters. The topological polar surface area (TPSA) is 39.7 Å². The lowest BCUT2D eigenvalue weighted by Crippen LogP contribution is -2.37. The van der Waals surface area contributed by atoms with Crippen LogP contribution in [0.1, 0.15) is 49.7 Å². The zero-order chi connectivity index (χ0) is 19.5. The highest BCUT2D eigenvalue weighted by molar-refractivity contribution is 14.0.